The van der Waals surface area contributed by atoms with Gasteiger partial charge in [-0.05, 0) is 63.0 Å². The van der Waals surface area contributed by atoms with E-state index in [9.17, 15) is 4.79 Å². The Hall–Kier alpha value is -0.910. The largest absolute Gasteiger partial charge is 0.362 e. The van der Waals surface area contributed by atoms with E-state index in [1.807, 2.05) is 11.3 Å². The highest BCUT2D eigenvalue weighted by atomic mass is 32.1. The summed E-state index contributed by atoms with van der Waals surface area (Å²) in [6.07, 6.45) is 5.27. The summed E-state index contributed by atoms with van der Waals surface area (Å²) in [6.45, 7) is 8.49. The lowest BCUT2D eigenvalue weighted by atomic mass is 9.80. The van der Waals surface area contributed by atoms with Crippen molar-refractivity contribution in [1.29, 1.82) is 0 Å². The van der Waals surface area contributed by atoms with Crippen LogP contribution in [0.1, 0.15) is 48.8 Å². The SMILES string of the molecule is Cc1ccc(CN2CC[C@]3(CC[C@H](C(=O)NCC4CC4)O3)[C@@H](C)C2)s1. The number of piperidine rings is 1. The second-order valence-electron chi connectivity index (χ2n) is 8.30. The average Bonchev–Trinajstić information content (AvgIpc) is 3.18. The number of hydrogen-bond donors (Lipinski definition) is 1. The van der Waals surface area contributed by atoms with Crippen molar-refractivity contribution < 1.29 is 9.53 Å². The number of carbonyl (C=O) groups is 1. The van der Waals surface area contributed by atoms with Gasteiger partial charge in [0.2, 0.25) is 5.91 Å². The van der Waals surface area contributed by atoms with Gasteiger partial charge in [0.25, 0.3) is 0 Å². The van der Waals surface area contributed by atoms with Crippen molar-refractivity contribution in [3.05, 3.63) is 21.9 Å². The Morgan fingerprint density at radius 2 is 2.20 bits per heavy atom. The molecule has 1 aromatic heterocycles. The monoisotopic (exact) mass is 362 g/mol. The van der Waals surface area contributed by atoms with E-state index in [0.717, 1.165) is 51.4 Å². The first-order valence-electron chi connectivity index (χ1n) is 9.77. The number of ether oxygens (including phenoxy) is 1. The smallest absolute Gasteiger partial charge is 0.249 e. The number of carbonyl (C=O) groups excluding carboxylic acids is 1. The van der Waals surface area contributed by atoms with Crippen LogP contribution in [-0.4, -0.2) is 42.1 Å². The Morgan fingerprint density at radius 1 is 1.36 bits per heavy atom. The number of amides is 1. The topological polar surface area (TPSA) is 41.6 Å². The molecule has 5 heteroatoms. The number of thiophene rings is 1. The molecule has 3 atom stereocenters. The molecular formula is C20H30N2O2S. The van der Waals surface area contributed by atoms with E-state index in [1.54, 1.807) is 0 Å². The van der Waals surface area contributed by atoms with Crippen LogP contribution in [0.2, 0.25) is 0 Å². The van der Waals surface area contributed by atoms with E-state index in [0.29, 0.717) is 5.92 Å². The van der Waals surface area contributed by atoms with Gasteiger partial charge in [-0.2, -0.15) is 0 Å². The molecule has 0 radical (unpaired) electrons. The summed E-state index contributed by atoms with van der Waals surface area (Å²) in [6, 6.07) is 4.46. The van der Waals surface area contributed by atoms with Gasteiger partial charge in [0.15, 0.2) is 0 Å². The predicted molar refractivity (Wildman–Crippen MR) is 101 cm³/mol. The summed E-state index contributed by atoms with van der Waals surface area (Å²) in [7, 11) is 0. The molecule has 138 valence electrons. The number of nitrogens with zero attached hydrogens (tertiary/aromatic N) is 1. The Balaban J connectivity index is 1.30. The van der Waals surface area contributed by atoms with Crippen molar-refractivity contribution in [2.75, 3.05) is 19.6 Å². The third kappa shape index (κ3) is 3.93. The van der Waals surface area contributed by atoms with E-state index < -0.39 is 0 Å². The lowest BCUT2D eigenvalue weighted by Crippen LogP contribution is -2.51. The molecule has 3 aliphatic rings. The highest BCUT2D eigenvalue weighted by Crippen LogP contribution is 2.42. The van der Waals surface area contributed by atoms with Crippen LogP contribution in [0.5, 0.6) is 0 Å². The predicted octanol–water partition coefficient (Wildman–Crippen LogP) is 3.34. The van der Waals surface area contributed by atoms with Crippen LogP contribution < -0.4 is 5.32 Å². The number of hydrogen-bond acceptors (Lipinski definition) is 4. The van der Waals surface area contributed by atoms with Crippen LogP contribution in [0.4, 0.5) is 0 Å². The minimum absolute atomic E-state index is 0.0799. The summed E-state index contributed by atoms with van der Waals surface area (Å²) in [5.41, 5.74) is -0.0799. The van der Waals surface area contributed by atoms with Gasteiger partial charge < -0.3 is 10.1 Å². The van der Waals surface area contributed by atoms with Crippen LogP contribution in [0.15, 0.2) is 12.1 Å². The summed E-state index contributed by atoms with van der Waals surface area (Å²) >= 11 is 1.90. The van der Waals surface area contributed by atoms with Gasteiger partial charge in [0, 0.05) is 35.9 Å². The Bertz CT molecular complexity index is 627. The molecule has 1 spiro atoms. The van der Waals surface area contributed by atoms with Crippen LogP contribution in [0, 0.1) is 18.8 Å². The van der Waals surface area contributed by atoms with Crippen molar-refractivity contribution in [3.63, 3.8) is 0 Å². The molecule has 1 aliphatic carbocycles. The molecule has 1 aromatic rings. The lowest BCUT2D eigenvalue weighted by molar-refractivity contribution is -0.147. The fourth-order valence-electron chi connectivity index (χ4n) is 4.36. The molecule has 0 aromatic carbocycles. The maximum Gasteiger partial charge on any atom is 0.249 e. The Kier molecular flexibility index (Phi) is 4.91. The minimum atomic E-state index is -0.229. The maximum atomic E-state index is 12.4. The third-order valence-electron chi connectivity index (χ3n) is 6.22. The fourth-order valence-corrected chi connectivity index (χ4v) is 5.29. The molecule has 4 nitrogen and oxygen atoms in total. The second-order valence-corrected chi connectivity index (χ2v) is 9.67. The molecule has 1 amide bonds. The highest BCUT2D eigenvalue weighted by molar-refractivity contribution is 7.11. The zero-order chi connectivity index (χ0) is 17.4. The van der Waals surface area contributed by atoms with Gasteiger partial charge >= 0.3 is 0 Å². The van der Waals surface area contributed by atoms with Crippen molar-refractivity contribution in [3.8, 4) is 0 Å². The number of rotatable bonds is 5. The summed E-state index contributed by atoms with van der Waals surface area (Å²) in [5.74, 6) is 1.32. The summed E-state index contributed by atoms with van der Waals surface area (Å²) in [4.78, 5) is 17.8. The molecular weight excluding hydrogens is 332 g/mol. The maximum absolute atomic E-state index is 12.4. The average molecular weight is 363 g/mol. The molecule has 2 saturated heterocycles. The second kappa shape index (κ2) is 7.01. The molecule has 25 heavy (non-hydrogen) atoms. The van der Waals surface area contributed by atoms with Crippen molar-refractivity contribution in [2.45, 2.75) is 64.2 Å². The molecule has 1 N–H and O–H groups in total. The van der Waals surface area contributed by atoms with Gasteiger partial charge in [0.05, 0.1) is 5.60 Å². The van der Waals surface area contributed by atoms with Gasteiger partial charge in [0.1, 0.15) is 6.10 Å². The first-order valence-corrected chi connectivity index (χ1v) is 10.6. The standard InChI is InChI=1S/C20H30N2O2S/c1-14-12-22(13-17-6-3-15(2)25-17)10-9-20(14)8-7-18(24-20)19(23)21-11-16-4-5-16/h3,6,14,16,18H,4-5,7-13H2,1-2H3,(H,21,23)/t14-,18+,20+/m0/s1. The van der Waals surface area contributed by atoms with Gasteiger partial charge in [-0.1, -0.05) is 6.92 Å². The number of aryl methyl sites for hydroxylation is 1. The van der Waals surface area contributed by atoms with E-state index >= 15 is 0 Å². The molecule has 0 bridgehead atoms. The summed E-state index contributed by atoms with van der Waals surface area (Å²) in [5, 5.41) is 3.09. The van der Waals surface area contributed by atoms with Gasteiger partial charge in [-0.25, -0.2) is 0 Å². The molecule has 1 saturated carbocycles. The first kappa shape index (κ1) is 17.5. The number of likely N-dealkylation sites (tertiary alicyclic amines) is 1. The van der Waals surface area contributed by atoms with Crippen molar-refractivity contribution >= 4 is 17.2 Å². The van der Waals surface area contributed by atoms with Crippen LogP contribution >= 0.6 is 11.3 Å². The van der Waals surface area contributed by atoms with E-state index in [4.69, 9.17) is 4.74 Å². The van der Waals surface area contributed by atoms with Crippen LogP contribution in [-0.2, 0) is 16.1 Å². The fraction of sp³-hybridized carbons (Fsp3) is 0.750. The Morgan fingerprint density at radius 3 is 2.88 bits per heavy atom. The normalized spacial score (nSPS) is 33.0. The van der Waals surface area contributed by atoms with Crippen molar-refractivity contribution in [2.24, 2.45) is 11.8 Å². The zero-order valence-corrected chi connectivity index (χ0v) is 16.2. The quantitative estimate of drug-likeness (QED) is 0.873. The van der Waals surface area contributed by atoms with Gasteiger partial charge in [-0.3, -0.25) is 9.69 Å². The van der Waals surface area contributed by atoms with Crippen LogP contribution in [0.25, 0.3) is 0 Å². The third-order valence-corrected chi connectivity index (χ3v) is 7.20. The molecule has 4 rings (SSSR count). The number of nitrogens with one attached hydrogen (secondary N) is 1. The molecule has 3 fully saturated rings. The summed E-state index contributed by atoms with van der Waals surface area (Å²) < 4.78 is 6.38. The zero-order valence-electron chi connectivity index (χ0n) is 15.4. The van der Waals surface area contributed by atoms with E-state index in [1.165, 1.54) is 22.6 Å². The molecule has 3 heterocycles. The van der Waals surface area contributed by atoms with Gasteiger partial charge in [-0.15, -0.1) is 11.3 Å². The highest BCUT2D eigenvalue weighted by Gasteiger charge is 2.48. The minimum Gasteiger partial charge on any atom is -0.362 e. The Labute approximate surface area is 154 Å². The van der Waals surface area contributed by atoms with E-state index in [-0.39, 0.29) is 17.6 Å². The molecule has 2 aliphatic heterocycles. The lowest BCUT2D eigenvalue weighted by Gasteiger charge is -2.44. The van der Waals surface area contributed by atoms with E-state index in [2.05, 4.69) is 36.2 Å². The van der Waals surface area contributed by atoms with Crippen LogP contribution in [0.3, 0.4) is 0 Å². The van der Waals surface area contributed by atoms with Crippen molar-refractivity contribution in [1.82, 2.24) is 10.2 Å². The molecule has 0 unspecified atom stereocenters. The first-order chi connectivity index (χ1) is 12.0.